The fraction of sp³-hybridized carbons (Fsp3) is 0.625. The Kier molecular flexibility index (Phi) is 2.86. The maximum absolute atomic E-state index is 13.4. The van der Waals surface area contributed by atoms with Crippen molar-refractivity contribution in [2.24, 2.45) is 5.41 Å². The van der Waals surface area contributed by atoms with E-state index < -0.39 is 6.10 Å². The summed E-state index contributed by atoms with van der Waals surface area (Å²) in [6.07, 6.45) is 4.23. The number of hydrogen-bond donors (Lipinski definition) is 1. The molecule has 0 radical (unpaired) electrons. The molecular weight excluding hydrogens is 243 g/mol. The zero-order chi connectivity index (χ0) is 13.7. The molecule has 2 aliphatic rings. The molecule has 1 aromatic rings. The lowest BCUT2D eigenvalue weighted by atomic mass is 9.67. The maximum atomic E-state index is 13.4. The molecule has 1 saturated carbocycles. The molecule has 19 heavy (non-hydrogen) atoms. The molecule has 2 atom stereocenters. The van der Waals surface area contributed by atoms with Crippen LogP contribution in [-0.4, -0.2) is 10.7 Å². The number of ether oxygens (including phenoxy) is 1. The minimum absolute atomic E-state index is 0.225. The van der Waals surface area contributed by atoms with Gasteiger partial charge in [-0.05, 0) is 43.2 Å². The molecule has 0 saturated heterocycles. The topological polar surface area (TPSA) is 29.5 Å². The lowest BCUT2D eigenvalue weighted by Gasteiger charge is -2.48. The van der Waals surface area contributed by atoms with Gasteiger partial charge in [0.05, 0.1) is 6.10 Å². The monoisotopic (exact) mass is 264 g/mol. The molecule has 1 heterocycles. The fourth-order valence-corrected chi connectivity index (χ4v) is 3.81. The molecule has 1 aliphatic heterocycles. The Hall–Kier alpha value is -1.09. The van der Waals surface area contributed by atoms with E-state index in [2.05, 4.69) is 13.8 Å². The number of aliphatic hydroxyl groups excluding tert-OH is 1. The lowest BCUT2D eigenvalue weighted by molar-refractivity contribution is -0.0678. The first-order valence-electron chi connectivity index (χ1n) is 7.06. The number of benzene rings is 1. The van der Waals surface area contributed by atoms with Gasteiger partial charge in [0, 0.05) is 18.1 Å². The van der Waals surface area contributed by atoms with E-state index in [-0.39, 0.29) is 16.8 Å². The molecule has 1 fully saturated rings. The summed E-state index contributed by atoms with van der Waals surface area (Å²) in [5, 5.41) is 10.3. The lowest BCUT2D eigenvalue weighted by Crippen LogP contribution is -2.47. The van der Waals surface area contributed by atoms with E-state index >= 15 is 0 Å². The second-order valence-electron chi connectivity index (χ2n) is 6.88. The molecule has 0 aromatic heterocycles. The van der Waals surface area contributed by atoms with Gasteiger partial charge in [0.25, 0.3) is 0 Å². The van der Waals surface area contributed by atoms with Gasteiger partial charge in [-0.3, -0.25) is 0 Å². The van der Waals surface area contributed by atoms with Crippen molar-refractivity contribution < 1.29 is 14.2 Å². The molecule has 2 nitrogen and oxygen atoms in total. The van der Waals surface area contributed by atoms with Crippen molar-refractivity contribution in [3.8, 4) is 5.75 Å². The van der Waals surface area contributed by atoms with Crippen LogP contribution >= 0.6 is 0 Å². The average Bonchev–Trinajstić information content (AvgIpc) is 2.25. The molecule has 1 spiro atoms. The van der Waals surface area contributed by atoms with Crippen molar-refractivity contribution in [3.05, 3.63) is 29.6 Å². The van der Waals surface area contributed by atoms with Crippen LogP contribution in [0.3, 0.4) is 0 Å². The summed E-state index contributed by atoms with van der Waals surface area (Å²) in [6.45, 7) is 4.48. The van der Waals surface area contributed by atoms with Gasteiger partial charge in [-0.15, -0.1) is 0 Å². The minimum atomic E-state index is -0.543. The second kappa shape index (κ2) is 4.20. The second-order valence-corrected chi connectivity index (χ2v) is 6.88. The van der Waals surface area contributed by atoms with Gasteiger partial charge in [-0.25, -0.2) is 4.39 Å². The Labute approximate surface area is 113 Å². The first-order valence-corrected chi connectivity index (χ1v) is 7.06. The van der Waals surface area contributed by atoms with Crippen molar-refractivity contribution in [3.63, 3.8) is 0 Å². The van der Waals surface area contributed by atoms with E-state index in [1.807, 2.05) is 0 Å². The third-order valence-corrected chi connectivity index (χ3v) is 4.51. The van der Waals surface area contributed by atoms with Gasteiger partial charge in [-0.1, -0.05) is 13.8 Å². The van der Waals surface area contributed by atoms with Crippen LogP contribution in [0.1, 0.15) is 57.6 Å². The largest absolute Gasteiger partial charge is 0.487 e. The normalized spacial score (nSPS) is 32.7. The quantitative estimate of drug-likeness (QED) is 0.768. The summed E-state index contributed by atoms with van der Waals surface area (Å²) in [5.41, 5.74) is 0.625. The summed E-state index contributed by atoms with van der Waals surface area (Å²) in [5.74, 6) is 0.217. The smallest absolute Gasteiger partial charge is 0.128 e. The van der Waals surface area contributed by atoms with Crippen molar-refractivity contribution in [1.29, 1.82) is 0 Å². The Morgan fingerprint density at radius 2 is 2.11 bits per heavy atom. The van der Waals surface area contributed by atoms with E-state index in [0.717, 1.165) is 24.8 Å². The number of rotatable bonds is 0. The molecule has 1 aromatic carbocycles. The SMILES string of the molecule is CC1(C)CCCC2(CC(O)c3ccc(F)cc3O2)C1. The van der Waals surface area contributed by atoms with Crippen LogP contribution in [0.15, 0.2) is 18.2 Å². The molecule has 2 unspecified atom stereocenters. The molecule has 1 N–H and O–H groups in total. The molecular formula is C16H21FO2. The van der Waals surface area contributed by atoms with Crippen molar-refractivity contribution in [2.75, 3.05) is 0 Å². The van der Waals surface area contributed by atoms with Crippen LogP contribution in [0.4, 0.5) is 4.39 Å². The Bertz CT molecular complexity index is 498. The zero-order valence-corrected chi connectivity index (χ0v) is 11.6. The standard InChI is InChI=1S/C16H21FO2/c1-15(2)6-3-7-16(10-15)9-13(18)12-5-4-11(17)8-14(12)19-16/h4-5,8,13,18H,3,6-7,9-10H2,1-2H3. The van der Waals surface area contributed by atoms with E-state index in [1.54, 1.807) is 6.07 Å². The zero-order valence-electron chi connectivity index (χ0n) is 11.6. The van der Waals surface area contributed by atoms with Crippen LogP contribution in [-0.2, 0) is 0 Å². The summed E-state index contributed by atoms with van der Waals surface area (Å²) < 4.78 is 19.5. The van der Waals surface area contributed by atoms with E-state index in [4.69, 9.17) is 4.74 Å². The van der Waals surface area contributed by atoms with Crippen LogP contribution in [0, 0.1) is 11.2 Å². The Morgan fingerprint density at radius 3 is 2.84 bits per heavy atom. The van der Waals surface area contributed by atoms with Crippen LogP contribution in [0.2, 0.25) is 0 Å². The molecule has 0 bridgehead atoms. The number of halogens is 1. The third-order valence-electron chi connectivity index (χ3n) is 4.51. The van der Waals surface area contributed by atoms with E-state index in [1.165, 1.54) is 18.6 Å². The van der Waals surface area contributed by atoms with Gasteiger partial charge in [-0.2, -0.15) is 0 Å². The van der Waals surface area contributed by atoms with Crippen LogP contribution in [0.25, 0.3) is 0 Å². The summed E-state index contributed by atoms with van der Waals surface area (Å²) >= 11 is 0. The average molecular weight is 264 g/mol. The Morgan fingerprint density at radius 1 is 1.32 bits per heavy atom. The molecule has 0 amide bonds. The van der Waals surface area contributed by atoms with Crippen molar-refractivity contribution >= 4 is 0 Å². The Balaban J connectivity index is 1.95. The van der Waals surface area contributed by atoms with Crippen molar-refractivity contribution in [1.82, 2.24) is 0 Å². The fourth-order valence-electron chi connectivity index (χ4n) is 3.81. The summed E-state index contributed by atoms with van der Waals surface area (Å²) in [4.78, 5) is 0. The highest BCUT2D eigenvalue weighted by Gasteiger charge is 2.46. The molecule has 1 aliphatic carbocycles. The first kappa shape index (κ1) is 12.9. The highest BCUT2D eigenvalue weighted by Crippen LogP contribution is 2.50. The maximum Gasteiger partial charge on any atom is 0.128 e. The van der Waals surface area contributed by atoms with Crippen molar-refractivity contribution in [2.45, 2.75) is 57.7 Å². The molecule has 3 rings (SSSR count). The predicted molar refractivity (Wildman–Crippen MR) is 71.6 cm³/mol. The molecule has 104 valence electrons. The van der Waals surface area contributed by atoms with Gasteiger partial charge in [0.1, 0.15) is 17.2 Å². The number of fused-ring (bicyclic) bond motifs is 1. The van der Waals surface area contributed by atoms with E-state index in [0.29, 0.717) is 12.2 Å². The van der Waals surface area contributed by atoms with E-state index in [9.17, 15) is 9.50 Å². The van der Waals surface area contributed by atoms with Gasteiger partial charge in [0.2, 0.25) is 0 Å². The first-order chi connectivity index (χ1) is 8.89. The minimum Gasteiger partial charge on any atom is -0.487 e. The van der Waals surface area contributed by atoms with Gasteiger partial charge < -0.3 is 9.84 Å². The summed E-state index contributed by atoms with van der Waals surface area (Å²) in [6, 6.07) is 4.42. The highest BCUT2D eigenvalue weighted by molar-refractivity contribution is 5.38. The van der Waals surface area contributed by atoms with Crippen LogP contribution < -0.4 is 4.74 Å². The number of aliphatic hydroxyl groups is 1. The van der Waals surface area contributed by atoms with Crippen LogP contribution in [0.5, 0.6) is 5.75 Å². The number of hydrogen-bond acceptors (Lipinski definition) is 2. The molecule has 3 heteroatoms. The van der Waals surface area contributed by atoms with Gasteiger partial charge >= 0.3 is 0 Å². The third kappa shape index (κ3) is 2.36. The predicted octanol–water partition coefficient (Wildman–Crippen LogP) is 3.98. The highest BCUT2D eigenvalue weighted by atomic mass is 19.1. The summed E-state index contributed by atoms with van der Waals surface area (Å²) in [7, 11) is 0. The van der Waals surface area contributed by atoms with Gasteiger partial charge in [0.15, 0.2) is 0 Å².